The van der Waals surface area contributed by atoms with Crippen molar-refractivity contribution in [1.29, 1.82) is 0 Å². The first-order valence-corrected chi connectivity index (χ1v) is 10.2. The van der Waals surface area contributed by atoms with E-state index in [0.717, 1.165) is 15.9 Å². The van der Waals surface area contributed by atoms with E-state index in [-0.39, 0.29) is 5.69 Å². The zero-order valence-corrected chi connectivity index (χ0v) is 19.4. The highest BCUT2D eigenvalue weighted by Gasteiger charge is 2.44. The van der Waals surface area contributed by atoms with Gasteiger partial charge in [-0.1, -0.05) is 46.9 Å². The number of amides is 3. The molecule has 0 radical (unpaired) electrons. The number of benzene rings is 2. The number of urea groups is 1. The van der Waals surface area contributed by atoms with Crippen LogP contribution in [0.1, 0.15) is 0 Å². The lowest BCUT2D eigenvalue weighted by molar-refractivity contribution is -0.119. The number of carbonyl (C=O) groups excluding carboxylic acids is 2. The second-order valence-electron chi connectivity index (χ2n) is 6.54. The molecule has 3 rings (SSSR count). The lowest BCUT2D eigenvalue weighted by Crippen LogP contribution is -2.38. The smallest absolute Gasteiger partial charge is 0.337 e. The highest BCUT2D eigenvalue weighted by molar-refractivity contribution is 6.68. The Labute approximate surface area is 198 Å². The third kappa shape index (κ3) is 4.69. The van der Waals surface area contributed by atoms with E-state index in [9.17, 15) is 14.0 Å². The molecule has 1 fully saturated rings. The van der Waals surface area contributed by atoms with E-state index in [4.69, 9.17) is 44.3 Å². The van der Waals surface area contributed by atoms with E-state index in [1.165, 1.54) is 39.5 Å². The van der Waals surface area contributed by atoms with E-state index in [2.05, 4.69) is 10.3 Å². The monoisotopic (exact) mass is 502 g/mol. The van der Waals surface area contributed by atoms with Crippen LogP contribution in [0.5, 0.6) is 11.5 Å². The molecule has 2 aromatic carbocycles. The van der Waals surface area contributed by atoms with Crippen LogP contribution in [-0.4, -0.2) is 53.9 Å². The molecule has 0 saturated carbocycles. The number of imide groups is 1. The minimum atomic E-state index is -2.07. The van der Waals surface area contributed by atoms with Crippen molar-refractivity contribution in [3.05, 3.63) is 48.3 Å². The number of rotatable bonds is 6. The van der Waals surface area contributed by atoms with Crippen LogP contribution >= 0.6 is 34.8 Å². The average Bonchev–Trinajstić information content (AvgIpc) is 2.96. The van der Waals surface area contributed by atoms with Gasteiger partial charge in [0.2, 0.25) is 9.63 Å². The van der Waals surface area contributed by atoms with Crippen LogP contribution in [0, 0.1) is 5.82 Å². The van der Waals surface area contributed by atoms with Crippen LogP contribution in [0.2, 0.25) is 0 Å². The fourth-order valence-electron chi connectivity index (χ4n) is 2.91. The number of hydrogen-bond acceptors (Lipinski definition) is 6. The molecule has 1 unspecified atom stereocenters. The molecule has 1 saturated heterocycles. The lowest BCUT2D eigenvalue weighted by atomic mass is 10.2. The number of para-hydroxylation sites is 1. The van der Waals surface area contributed by atoms with Gasteiger partial charge in [-0.25, -0.2) is 19.1 Å². The van der Waals surface area contributed by atoms with Crippen LogP contribution in [-0.2, 0) is 4.79 Å². The number of anilines is 2. The van der Waals surface area contributed by atoms with E-state index < -0.39 is 33.5 Å². The van der Waals surface area contributed by atoms with Crippen LogP contribution < -0.4 is 19.7 Å². The predicted molar refractivity (Wildman–Crippen MR) is 122 cm³/mol. The number of nitrogens with one attached hydrogen (secondary N) is 1. The molecule has 2 aromatic rings. The SMILES string of the molecule is COc1ccc(NC(N=C2C(=O)N(C)C(=O)N2c2ccccc2F)C(Cl)(Cl)Cl)c(OC)c1. The molecule has 1 N–H and O–H groups in total. The van der Waals surface area contributed by atoms with Gasteiger partial charge in [0.15, 0.2) is 6.17 Å². The van der Waals surface area contributed by atoms with Gasteiger partial charge in [-0.3, -0.25) is 9.69 Å². The second kappa shape index (κ2) is 9.40. The maximum atomic E-state index is 14.4. The first-order chi connectivity index (χ1) is 15.1. The van der Waals surface area contributed by atoms with Crippen molar-refractivity contribution in [2.75, 3.05) is 31.5 Å². The number of carbonyl (C=O) groups is 2. The Hall–Kier alpha value is -2.75. The molecule has 0 aromatic heterocycles. The van der Waals surface area contributed by atoms with E-state index >= 15 is 0 Å². The van der Waals surface area contributed by atoms with Gasteiger partial charge in [-0.2, -0.15) is 0 Å². The number of nitrogens with zero attached hydrogens (tertiary/aromatic N) is 3. The number of hydrogen-bond donors (Lipinski definition) is 1. The first kappa shape index (κ1) is 23.9. The summed E-state index contributed by atoms with van der Waals surface area (Å²) in [6.45, 7) is 0. The topological polar surface area (TPSA) is 83.5 Å². The standard InChI is InChI=1S/C20H18Cl3FN4O4/c1-27-17(29)16(28(19(27)30)14-7-5-4-6-12(14)24)26-18(20(21,22)23)25-13-9-8-11(31-2)10-15(13)32-3/h4-10,18,25H,1-3H3. The fourth-order valence-corrected chi connectivity index (χ4v) is 3.22. The second-order valence-corrected chi connectivity index (χ2v) is 8.91. The van der Waals surface area contributed by atoms with Gasteiger partial charge in [0.25, 0.3) is 5.91 Å². The van der Waals surface area contributed by atoms with Gasteiger partial charge in [0.05, 0.1) is 25.6 Å². The number of amidine groups is 1. The summed E-state index contributed by atoms with van der Waals surface area (Å²) >= 11 is 18.4. The zero-order valence-electron chi connectivity index (χ0n) is 17.1. The van der Waals surface area contributed by atoms with Crippen LogP contribution in [0.4, 0.5) is 20.6 Å². The minimum Gasteiger partial charge on any atom is -0.497 e. The molecular weight excluding hydrogens is 486 g/mol. The summed E-state index contributed by atoms with van der Waals surface area (Å²) in [5.41, 5.74) is 0.204. The molecule has 12 heteroatoms. The number of alkyl halides is 3. The molecule has 1 aliphatic heterocycles. The average molecular weight is 504 g/mol. The Morgan fingerprint density at radius 3 is 2.38 bits per heavy atom. The zero-order chi connectivity index (χ0) is 23.6. The van der Waals surface area contributed by atoms with Crippen molar-refractivity contribution in [2.24, 2.45) is 4.99 Å². The maximum absolute atomic E-state index is 14.4. The molecule has 1 aliphatic rings. The molecule has 170 valence electrons. The highest BCUT2D eigenvalue weighted by atomic mass is 35.6. The van der Waals surface area contributed by atoms with Gasteiger partial charge >= 0.3 is 6.03 Å². The first-order valence-electron chi connectivity index (χ1n) is 9.08. The summed E-state index contributed by atoms with van der Waals surface area (Å²) in [4.78, 5) is 31.2. The minimum absolute atomic E-state index is 0.168. The van der Waals surface area contributed by atoms with E-state index in [1.54, 1.807) is 18.2 Å². The fraction of sp³-hybridized carbons (Fsp3) is 0.250. The van der Waals surface area contributed by atoms with Gasteiger partial charge in [-0.15, -0.1) is 0 Å². The van der Waals surface area contributed by atoms with Crippen LogP contribution in [0.15, 0.2) is 47.5 Å². The van der Waals surface area contributed by atoms with E-state index in [1.807, 2.05) is 0 Å². The van der Waals surface area contributed by atoms with Crippen molar-refractivity contribution in [3.63, 3.8) is 0 Å². The molecule has 1 atom stereocenters. The van der Waals surface area contributed by atoms with Gasteiger partial charge in [-0.05, 0) is 24.3 Å². The van der Waals surface area contributed by atoms with Crippen LogP contribution in [0.3, 0.4) is 0 Å². The summed E-state index contributed by atoms with van der Waals surface area (Å²) < 4.78 is 22.8. The quantitative estimate of drug-likeness (QED) is 0.465. The molecule has 1 heterocycles. The Balaban J connectivity index is 2.08. The Kier molecular flexibility index (Phi) is 7.02. The Bertz CT molecular complexity index is 1080. The Morgan fingerprint density at radius 1 is 1.09 bits per heavy atom. The van der Waals surface area contributed by atoms with Crippen molar-refractivity contribution in [1.82, 2.24) is 4.90 Å². The number of halogens is 4. The number of ether oxygens (including phenoxy) is 2. The van der Waals surface area contributed by atoms with Gasteiger partial charge < -0.3 is 14.8 Å². The molecule has 0 aliphatic carbocycles. The highest BCUT2D eigenvalue weighted by Crippen LogP contribution is 2.37. The number of methoxy groups -OCH3 is 2. The maximum Gasteiger partial charge on any atom is 0.337 e. The predicted octanol–water partition coefficient (Wildman–Crippen LogP) is 4.45. The Morgan fingerprint density at radius 2 is 1.78 bits per heavy atom. The van der Waals surface area contributed by atoms with Crippen LogP contribution in [0.25, 0.3) is 0 Å². The summed E-state index contributed by atoms with van der Waals surface area (Å²) in [7, 11) is 4.17. The number of likely N-dealkylation sites (N-methyl/N-ethyl adjacent to an activating group) is 1. The molecule has 3 amide bonds. The summed E-state index contributed by atoms with van der Waals surface area (Å²) in [5.74, 6) is -1.07. The molecule has 0 bridgehead atoms. The van der Waals surface area contributed by atoms with Crippen molar-refractivity contribution >= 4 is 64.0 Å². The molecule has 32 heavy (non-hydrogen) atoms. The molecular formula is C20H18Cl3FN4O4. The van der Waals surface area contributed by atoms with Crippen molar-refractivity contribution in [2.45, 2.75) is 9.96 Å². The molecule has 8 nitrogen and oxygen atoms in total. The lowest BCUT2D eigenvalue weighted by Gasteiger charge is -2.25. The van der Waals surface area contributed by atoms with Crippen molar-refractivity contribution in [3.8, 4) is 11.5 Å². The third-order valence-electron chi connectivity index (χ3n) is 4.54. The van der Waals surface area contributed by atoms with Gasteiger partial charge in [0, 0.05) is 13.1 Å². The largest absolute Gasteiger partial charge is 0.497 e. The number of aliphatic imine (C=N–C) groups is 1. The summed E-state index contributed by atoms with van der Waals surface area (Å²) in [5, 5.41) is 2.89. The summed E-state index contributed by atoms with van der Waals surface area (Å²) in [6, 6.07) is 9.47. The normalized spacial score (nSPS) is 16.5. The summed E-state index contributed by atoms with van der Waals surface area (Å²) in [6.07, 6.45) is -1.36. The third-order valence-corrected chi connectivity index (χ3v) is 5.16. The molecule has 0 spiro atoms. The van der Waals surface area contributed by atoms with Gasteiger partial charge in [0.1, 0.15) is 17.3 Å². The van der Waals surface area contributed by atoms with E-state index in [0.29, 0.717) is 17.2 Å². The van der Waals surface area contributed by atoms with Crippen molar-refractivity contribution < 1.29 is 23.5 Å².